The van der Waals surface area contributed by atoms with Crippen molar-refractivity contribution in [3.05, 3.63) is 30.3 Å². The Bertz CT molecular complexity index is 392. The molecule has 1 amide bonds. The molecule has 0 heterocycles. The number of ketones is 1. The number of nitrogens with one attached hydrogen (secondary N) is 3. The molecule has 0 aliphatic heterocycles. The van der Waals surface area contributed by atoms with Crippen LogP contribution in [0.5, 0.6) is 0 Å². The van der Waals surface area contributed by atoms with Gasteiger partial charge in [0.25, 0.3) is 0 Å². The average molecular weight is 249 g/mol. The van der Waals surface area contributed by atoms with E-state index < -0.39 is 6.04 Å². The third-order valence-electron chi connectivity index (χ3n) is 2.60. The van der Waals surface area contributed by atoms with Crippen LogP contribution in [0.2, 0.25) is 0 Å². The average Bonchev–Trinajstić information content (AvgIpc) is 2.42. The SMILES string of the molecule is CCC(=O)C(CC(=O)NNc1ccccc1)NC. The van der Waals surface area contributed by atoms with Crippen molar-refractivity contribution in [3.8, 4) is 0 Å². The lowest BCUT2D eigenvalue weighted by atomic mass is 10.1. The maximum Gasteiger partial charge on any atom is 0.240 e. The molecule has 3 N–H and O–H groups in total. The second-order valence-corrected chi connectivity index (χ2v) is 3.90. The molecule has 0 aromatic heterocycles. The Balaban J connectivity index is 2.39. The molecular weight excluding hydrogens is 230 g/mol. The van der Waals surface area contributed by atoms with Gasteiger partial charge < -0.3 is 5.32 Å². The fraction of sp³-hybridized carbons (Fsp3) is 0.385. The van der Waals surface area contributed by atoms with Gasteiger partial charge in [-0.1, -0.05) is 25.1 Å². The minimum atomic E-state index is -0.424. The Kier molecular flexibility index (Phi) is 5.87. The Hall–Kier alpha value is -1.88. The maximum absolute atomic E-state index is 11.6. The van der Waals surface area contributed by atoms with E-state index in [-0.39, 0.29) is 18.1 Å². The van der Waals surface area contributed by atoms with E-state index in [0.717, 1.165) is 5.69 Å². The lowest BCUT2D eigenvalue weighted by molar-refractivity contribution is -0.126. The summed E-state index contributed by atoms with van der Waals surface area (Å²) in [7, 11) is 1.68. The van der Waals surface area contributed by atoms with Crippen LogP contribution in [-0.4, -0.2) is 24.8 Å². The molecule has 0 radical (unpaired) electrons. The first-order valence-corrected chi connectivity index (χ1v) is 5.97. The second kappa shape index (κ2) is 7.45. The smallest absolute Gasteiger partial charge is 0.240 e. The molecule has 0 aliphatic rings. The van der Waals surface area contributed by atoms with Gasteiger partial charge in [0.15, 0.2) is 0 Å². The van der Waals surface area contributed by atoms with Gasteiger partial charge in [0, 0.05) is 6.42 Å². The van der Waals surface area contributed by atoms with Crippen molar-refractivity contribution in [3.63, 3.8) is 0 Å². The molecule has 0 saturated carbocycles. The fourth-order valence-corrected chi connectivity index (χ4v) is 1.52. The molecule has 5 nitrogen and oxygen atoms in total. The molecule has 0 fully saturated rings. The van der Waals surface area contributed by atoms with Crippen molar-refractivity contribution in [2.24, 2.45) is 0 Å². The number of hydrogen-bond acceptors (Lipinski definition) is 4. The van der Waals surface area contributed by atoms with Crippen LogP contribution in [-0.2, 0) is 9.59 Å². The van der Waals surface area contributed by atoms with Crippen LogP contribution in [0.15, 0.2) is 30.3 Å². The molecule has 1 unspecified atom stereocenters. The highest BCUT2D eigenvalue weighted by Gasteiger charge is 2.17. The number of likely N-dealkylation sites (N-methyl/N-ethyl adjacent to an activating group) is 1. The summed E-state index contributed by atoms with van der Waals surface area (Å²) < 4.78 is 0. The topological polar surface area (TPSA) is 70.2 Å². The molecule has 1 aromatic carbocycles. The van der Waals surface area contributed by atoms with E-state index in [4.69, 9.17) is 0 Å². The zero-order chi connectivity index (χ0) is 13.4. The third-order valence-corrected chi connectivity index (χ3v) is 2.60. The van der Waals surface area contributed by atoms with E-state index in [1.54, 1.807) is 14.0 Å². The van der Waals surface area contributed by atoms with Crippen molar-refractivity contribution in [2.45, 2.75) is 25.8 Å². The number of benzene rings is 1. The summed E-state index contributed by atoms with van der Waals surface area (Å²) in [5.41, 5.74) is 6.15. The van der Waals surface area contributed by atoms with Crippen molar-refractivity contribution in [2.75, 3.05) is 12.5 Å². The summed E-state index contributed by atoms with van der Waals surface area (Å²) in [6.45, 7) is 1.78. The predicted octanol–water partition coefficient (Wildman–Crippen LogP) is 1.09. The summed E-state index contributed by atoms with van der Waals surface area (Å²) in [6.07, 6.45) is 0.550. The van der Waals surface area contributed by atoms with Gasteiger partial charge in [-0.25, -0.2) is 0 Å². The van der Waals surface area contributed by atoms with Gasteiger partial charge in [0.05, 0.1) is 18.2 Å². The standard InChI is InChI=1S/C13H19N3O2/c1-3-12(17)11(14-2)9-13(18)16-15-10-7-5-4-6-8-10/h4-8,11,14-15H,3,9H2,1-2H3,(H,16,18). The lowest BCUT2D eigenvalue weighted by Gasteiger charge is -2.14. The Morgan fingerprint density at radius 2 is 1.89 bits per heavy atom. The normalized spacial score (nSPS) is 11.7. The van der Waals surface area contributed by atoms with Crippen molar-refractivity contribution in [1.82, 2.24) is 10.7 Å². The lowest BCUT2D eigenvalue weighted by Crippen LogP contribution is -2.40. The summed E-state index contributed by atoms with van der Waals surface area (Å²) in [5, 5.41) is 2.84. The number of Topliss-reactive ketones (excluding diaryl/α,β-unsaturated/α-hetero) is 1. The first-order valence-electron chi connectivity index (χ1n) is 5.97. The zero-order valence-electron chi connectivity index (χ0n) is 10.7. The number of hydrazine groups is 1. The number of anilines is 1. The van der Waals surface area contributed by atoms with Crippen LogP contribution in [0.4, 0.5) is 5.69 Å². The zero-order valence-corrected chi connectivity index (χ0v) is 10.7. The Labute approximate surface area is 107 Å². The highest BCUT2D eigenvalue weighted by Crippen LogP contribution is 2.03. The van der Waals surface area contributed by atoms with E-state index in [9.17, 15) is 9.59 Å². The number of hydrogen-bond donors (Lipinski definition) is 3. The van der Waals surface area contributed by atoms with Crippen LogP contribution in [0.25, 0.3) is 0 Å². The van der Waals surface area contributed by atoms with Crippen LogP contribution in [0.3, 0.4) is 0 Å². The molecule has 0 bridgehead atoms. The third kappa shape index (κ3) is 4.55. The quantitative estimate of drug-likeness (QED) is 0.633. The minimum Gasteiger partial charge on any atom is -0.310 e. The summed E-state index contributed by atoms with van der Waals surface area (Å²) in [4.78, 5) is 23.1. The van der Waals surface area contributed by atoms with Gasteiger partial charge >= 0.3 is 0 Å². The molecule has 98 valence electrons. The number of amides is 1. The largest absolute Gasteiger partial charge is 0.310 e. The summed E-state index contributed by atoms with van der Waals surface area (Å²) in [6, 6.07) is 8.88. The molecule has 0 spiro atoms. The van der Waals surface area contributed by atoms with Gasteiger partial charge in [-0.2, -0.15) is 0 Å². The molecule has 0 aliphatic carbocycles. The van der Waals surface area contributed by atoms with E-state index in [2.05, 4.69) is 16.2 Å². The van der Waals surface area contributed by atoms with Crippen molar-refractivity contribution < 1.29 is 9.59 Å². The van der Waals surface area contributed by atoms with Crippen molar-refractivity contribution in [1.29, 1.82) is 0 Å². The number of carbonyl (C=O) groups is 2. The Morgan fingerprint density at radius 3 is 2.44 bits per heavy atom. The van der Waals surface area contributed by atoms with Gasteiger partial charge in [-0.05, 0) is 19.2 Å². The van der Waals surface area contributed by atoms with Gasteiger partial charge in [0.2, 0.25) is 5.91 Å². The Morgan fingerprint density at radius 1 is 1.22 bits per heavy atom. The second-order valence-electron chi connectivity index (χ2n) is 3.90. The first-order chi connectivity index (χ1) is 8.67. The van der Waals surface area contributed by atoms with Gasteiger partial charge in [-0.3, -0.25) is 20.4 Å². The molecule has 0 saturated heterocycles. The monoisotopic (exact) mass is 249 g/mol. The number of para-hydroxylation sites is 1. The van der Waals surface area contributed by atoms with E-state index in [1.165, 1.54) is 0 Å². The number of rotatable bonds is 7. The highest BCUT2D eigenvalue weighted by atomic mass is 16.2. The van der Waals surface area contributed by atoms with Crippen LogP contribution < -0.4 is 16.2 Å². The van der Waals surface area contributed by atoms with Gasteiger partial charge in [-0.15, -0.1) is 0 Å². The summed E-state index contributed by atoms with van der Waals surface area (Å²) in [5.74, 6) is -0.188. The molecular formula is C13H19N3O2. The molecule has 1 atom stereocenters. The predicted molar refractivity (Wildman–Crippen MR) is 71.0 cm³/mol. The molecule has 1 rings (SSSR count). The van der Waals surface area contributed by atoms with Gasteiger partial charge in [0.1, 0.15) is 5.78 Å². The molecule has 18 heavy (non-hydrogen) atoms. The highest BCUT2D eigenvalue weighted by molar-refractivity contribution is 5.89. The minimum absolute atomic E-state index is 0.0346. The van der Waals surface area contributed by atoms with E-state index in [0.29, 0.717) is 6.42 Å². The van der Waals surface area contributed by atoms with Crippen LogP contribution in [0, 0.1) is 0 Å². The van der Waals surface area contributed by atoms with Crippen molar-refractivity contribution >= 4 is 17.4 Å². The summed E-state index contributed by atoms with van der Waals surface area (Å²) >= 11 is 0. The first kappa shape index (κ1) is 14.2. The van der Waals surface area contributed by atoms with Crippen LogP contribution in [0.1, 0.15) is 19.8 Å². The number of carbonyl (C=O) groups excluding carboxylic acids is 2. The van der Waals surface area contributed by atoms with E-state index in [1.807, 2.05) is 30.3 Å². The van der Waals surface area contributed by atoms with E-state index >= 15 is 0 Å². The van der Waals surface area contributed by atoms with Crippen LogP contribution >= 0.6 is 0 Å². The molecule has 1 aromatic rings. The maximum atomic E-state index is 11.6. The fourth-order valence-electron chi connectivity index (χ4n) is 1.52. The molecule has 5 heteroatoms.